The number of carbonyl (C=O) groups is 2. The molecule has 4 rings (SSSR count). The van der Waals surface area contributed by atoms with Crippen LogP contribution in [0.4, 0.5) is 0 Å². The Kier molecular flexibility index (Phi) is 6.27. The molecule has 4 aromatic rings. The molecule has 0 saturated heterocycles. The summed E-state index contributed by atoms with van der Waals surface area (Å²) in [7, 11) is 3.46. The summed E-state index contributed by atoms with van der Waals surface area (Å²) in [5, 5.41) is 0. The lowest BCUT2D eigenvalue weighted by molar-refractivity contribution is 0.0751. The summed E-state index contributed by atoms with van der Waals surface area (Å²) >= 11 is 0. The number of aryl methyl sites for hydroxylation is 1. The summed E-state index contributed by atoms with van der Waals surface area (Å²) in [4.78, 5) is 33.4. The molecule has 0 N–H and O–H groups in total. The predicted molar refractivity (Wildman–Crippen MR) is 131 cm³/mol. The van der Waals surface area contributed by atoms with E-state index < -0.39 is 0 Å². The molecule has 2 amide bonds. The third-order valence-electron chi connectivity index (χ3n) is 5.73. The molecule has 168 valence electrons. The first kappa shape index (κ1) is 22.3. The average Bonchev–Trinajstić information content (AvgIpc) is 3.17. The zero-order chi connectivity index (χ0) is 23.5. The number of carbonyl (C=O) groups excluding carboxylic acids is 2. The molecule has 0 aliphatic carbocycles. The third-order valence-corrected chi connectivity index (χ3v) is 5.73. The highest BCUT2D eigenvalue weighted by Crippen LogP contribution is 2.23. The Morgan fingerprint density at radius 3 is 2.18 bits per heavy atom. The van der Waals surface area contributed by atoms with Crippen LogP contribution in [0, 0.1) is 6.92 Å². The van der Waals surface area contributed by atoms with Gasteiger partial charge in [-0.2, -0.15) is 0 Å². The number of aromatic nitrogens is 2. The highest BCUT2D eigenvalue weighted by molar-refractivity contribution is 5.98. The number of rotatable bonds is 6. The molecule has 1 heterocycles. The minimum Gasteiger partial charge on any atom is -0.345 e. The second-order valence-electron chi connectivity index (χ2n) is 8.25. The summed E-state index contributed by atoms with van der Waals surface area (Å²) in [5.41, 5.74) is 5.03. The SMILES string of the molecule is CCN(Cc1ccc(C(=O)N(C)C)cc1)C(=O)c1ccc2c(c1)nc(C)n2-c1ccccc1. The number of hydrogen-bond acceptors (Lipinski definition) is 3. The quantitative estimate of drug-likeness (QED) is 0.437. The van der Waals surface area contributed by atoms with Crippen molar-refractivity contribution in [3.63, 3.8) is 0 Å². The molecule has 6 heteroatoms. The maximum absolute atomic E-state index is 13.3. The lowest BCUT2D eigenvalue weighted by Crippen LogP contribution is -2.30. The zero-order valence-corrected chi connectivity index (χ0v) is 19.4. The number of hydrogen-bond donors (Lipinski definition) is 0. The molecule has 0 unspecified atom stereocenters. The van der Waals surface area contributed by atoms with Gasteiger partial charge in [-0.3, -0.25) is 14.2 Å². The van der Waals surface area contributed by atoms with Crippen molar-refractivity contribution in [1.29, 1.82) is 0 Å². The minimum absolute atomic E-state index is 0.0384. The highest BCUT2D eigenvalue weighted by Gasteiger charge is 2.18. The number of para-hydroxylation sites is 1. The molecule has 0 bridgehead atoms. The number of fused-ring (bicyclic) bond motifs is 1. The topological polar surface area (TPSA) is 58.4 Å². The first-order valence-corrected chi connectivity index (χ1v) is 11.0. The first-order chi connectivity index (χ1) is 15.9. The van der Waals surface area contributed by atoms with Crippen LogP contribution >= 0.6 is 0 Å². The van der Waals surface area contributed by atoms with Crippen LogP contribution in [0.25, 0.3) is 16.7 Å². The lowest BCUT2D eigenvalue weighted by atomic mass is 10.1. The Hall–Kier alpha value is -3.93. The predicted octanol–water partition coefficient (Wildman–Crippen LogP) is 4.70. The van der Waals surface area contributed by atoms with Gasteiger partial charge < -0.3 is 9.80 Å². The van der Waals surface area contributed by atoms with Crippen LogP contribution < -0.4 is 0 Å². The molecule has 6 nitrogen and oxygen atoms in total. The molecule has 0 atom stereocenters. The van der Waals surface area contributed by atoms with Gasteiger partial charge in [-0.05, 0) is 61.9 Å². The fraction of sp³-hybridized carbons (Fsp3) is 0.222. The van der Waals surface area contributed by atoms with Crippen LogP contribution in [-0.2, 0) is 6.54 Å². The van der Waals surface area contributed by atoms with Gasteiger partial charge in [0.05, 0.1) is 11.0 Å². The standard InChI is InChI=1S/C27H28N4O2/c1-5-30(18-20-11-13-21(14-12-20)26(32)29(3)4)27(33)22-15-16-25-24(17-22)28-19(2)31(25)23-9-7-6-8-10-23/h6-17H,5,18H2,1-4H3. The van der Waals surface area contributed by atoms with Crippen molar-refractivity contribution in [1.82, 2.24) is 19.4 Å². The van der Waals surface area contributed by atoms with Crippen LogP contribution in [0.5, 0.6) is 0 Å². The molecule has 0 saturated carbocycles. The largest absolute Gasteiger partial charge is 0.345 e. The smallest absolute Gasteiger partial charge is 0.254 e. The van der Waals surface area contributed by atoms with Crippen molar-refractivity contribution >= 4 is 22.8 Å². The van der Waals surface area contributed by atoms with Crippen LogP contribution in [-0.4, -0.2) is 51.8 Å². The molecular weight excluding hydrogens is 412 g/mol. The number of imidazole rings is 1. The average molecular weight is 441 g/mol. The minimum atomic E-state index is -0.0419. The molecule has 0 radical (unpaired) electrons. The van der Waals surface area contributed by atoms with Crippen molar-refractivity contribution < 1.29 is 9.59 Å². The molecule has 1 aromatic heterocycles. The lowest BCUT2D eigenvalue weighted by Gasteiger charge is -2.21. The fourth-order valence-electron chi connectivity index (χ4n) is 3.98. The molecule has 3 aromatic carbocycles. The molecule has 0 spiro atoms. The zero-order valence-electron chi connectivity index (χ0n) is 19.4. The molecule has 0 aliphatic heterocycles. The van der Waals surface area contributed by atoms with Gasteiger partial charge in [0.1, 0.15) is 5.82 Å². The van der Waals surface area contributed by atoms with Gasteiger partial charge in [-0.1, -0.05) is 30.3 Å². The van der Waals surface area contributed by atoms with E-state index in [4.69, 9.17) is 4.98 Å². The highest BCUT2D eigenvalue weighted by atomic mass is 16.2. The van der Waals surface area contributed by atoms with E-state index in [1.54, 1.807) is 36.0 Å². The van der Waals surface area contributed by atoms with Gasteiger partial charge in [0.15, 0.2) is 0 Å². The Balaban J connectivity index is 1.57. The summed E-state index contributed by atoms with van der Waals surface area (Å²) in [6, 6.07) is 23.2. The van der Waals surface area contributed by atoms with Crippen molar-refractivity contribution in [3.8, 4) is 5.69 Å². The number of benzene rings is 3. The van der Waals surface area contributed by atoms with E-state index in [1.807, 2.05) is 74.5 Å². The van der Waals surface area contributed by atoms with Crippen molar-refractivity contribution in [3.05, 3.63) is 95.3 Å². The maximum atomic E-state index is 13.3. The van der Waals surface area contributed by atoms with Gasteiger partial charge in [0.2, 0.25) is 0 Å². The van der Waals surface area contributed by atoms with Crippen molar-refractivity contribution in [2.75, 3.05) is 20.6 Å². The Labute approximate surface area is 194 Å². The number of nitrogens with zero attached hydrogens (tertiary/aromatic N) is 4. The Bertz CT molecular complexity index is 1290. The van der Waals surface area contributed by atoms with E-state index in [9.17, 15) is 9.59 Å². The van der Waals surface area contributed by atoms with Crippen molar-refractivity contribution in [2.24, 2.45) is 0 Å². The van der Waals surface area contributed by atoms with E-state index in [0.29, 0.717) is 24.2 Å². The summed E-state index contributed by atoms with van der Waals surface area (Å²) in [6.45, 7) is 4.99. The third kappa shape index (κ3) is 4.51. The van der Waals surface area contributed by atoms with E-state index in [2.05, 4.69) is 4.57 Å². The molecule has 0 aliphatic rings. The van der Waals surface area contributed by atoms with Crippen LogP contribution in [0.3, 0.4) is 0 Å². The summed E-state index contributed by atoms with van der Waals surface area (Å²) in [6.07, 6.45) is 0. The maximum Gasteiger partial charge on any atom is 0.254 e. The molecule has 0 fully saturated rings. The van der Waals surface area contributed by atoms with E-state index in [-0.39, 0.29) is 11.8 Å². The normalized spacial score (nSPS) is 10.9. The van der Waals surface area contributed by atoms with Gasteiger partial charge in [0.25, 0.3) is 11.8 Å². The van der Waals surface area contributed by atoms with Crippen molar-refractivity contribution in [2.45, 2.75) is 20.4 Å². The monoisotopic (exact) mass is 440 g/mol. The summed E-state index contributed by atoms with van der Waals surface area (Å²) < 4.78 is 2.09. The van der Waals surface area contributed by atoms with E-state index >= 15 is 0 Å². The Morgan fingerprint density at radius 2 is 1.55 bits per heavy atom. The number of amides is 2. The van der Waals surface area contributed by atoms with Gasteiger partial charge in [0, 0.05) is 44.0 Å². The second kappa shape index (κ2) is 9.28. The second-order valence-corrected chi connectivity index (χ2v) is 8.25. The van der Waals surface area contributed by atoms with Gasteiger partial charge in [-0.15, -0.1) is 0 Å². The van der Waals surface area contributed by atoms with Crippen LogP contribution in [0.15, 0.2) is 72.8 Å². The Morgan fingerprint density at radius 1 is 0.879 bits per heavy atom. The van der Waals surface area contributed by atoms with E-state index in [1.165, 1.54) is 0 Å². The fourth-order valence-corrected chi connectivity index (χ4v) is 3.98. The van der Waals surface area contributed by atoms with E-state index in [0.717, 1.165) is 28.1 Å². The van der Waals surface area contributed by atoms with Crippen LogP contribution in [0.2, 0.25) is 0 Å². The molecular formula is C27H28N4O2. The van der Waals surface area contributed by atoms with Crippen LogP contribution in [0.1, 0.15) is 39.0 Å². The molecule has 33 heavy (non-hydrogen) atoms. The van der Waals surface area contributed by atoms with Gasteiger partial charge >= 0.3 is 0 Å². The van der Waals surface area contributed by atoms with Gasteiger partial charge in [-0.25, -0.2) is 4.98 Å². The first-order valence-electron chi connectivity index (χ1n) is 11.0. The summed E-state index contributed by atoms with van der Waals surface area (Å²) in [5.74, 6) is 0.795.